The maximum absolute atomic E-state index is 12.7. The maximum Gasteiger partial charge on any atom is 0.262 e. The summed E-state index contributed by atoms with van der Waals surface area (Å²) in [5.74, 6) is 0.471. The van der Waals surface area contributed by atoms with Gasteiger partial charge in [0.1, 0.15) is 13.2 Å². The Morgan fingerprint density at radius 3 is 2.27 bits per heavy atom. The first-order valence-corrected chi connectivity index (χ1v) is 12.5. The van der Waals surface area contributed by atoms with Crippen LogP contribution >= 0.6 is 0 Å². The van der Waals surface area contributed by atoms with Crippen LogP contribution in [0.25, 0.3) is 0 Å². The summed E-state index contributed by atoms with van der Waals surface area (Å²) in [4.78, 5) is 24.4. The van der Waals surface area contributed by atoms with Crippen LogP contribution in [-0.4, -0.2) is 40.0 Å². The average molecular weight is 474 g/mol. The Bertz CT molecular complexity index is 1110. The van der Waals surface area contributed by atoms with E-state index in [1.807, 2.05) is 0 Å². The molecule has 2 aromatic carbocycles. The molecule has 1 aliphatic heterocycles. The molecule has 0 unspecified atom stereocenters. The number of sulfonamides is 1. The van der Waals surface area contributed by atoms with Crippen LogP contribution in [-0.2, 0) is 19.6 Å². The molecule has 2 aromatic rings. The lowest BCUT2D eigenvalue weighted by molar-refractivity contribution is -0.128. The zero-order valence-corrected chi connectivity index (χ0v) is 18.9. The molecule has 9 nitrogen and oxygen atoms in total. The number of hydrogen-bond acceptors (Lipinski definition) is 6. The molecule has 0 bridgehead atoms. The van der Waals surface area contributed by atoms with E-state index in [1.165, 1.54) is 12.1 Å². The summed E-state index contributed by atoms with van der Waals surface area (Å²) in [7, 11) is -3.83. The molecule has 10 heteroatoms. The number of nitrogens with one attached hydrogen (secondary N) is 3. The molecule has 1 saturated carbocycles. The largest absolute Gasteiger partial charge is 0.486 e. The number of carbonyl (C=O) groups is 2. The molecular formula is C23H27N3O6S. The minimum Gasteiger partial charge on any atom is -0.486 e. The van der Waals surface area contributed by atoms with E-state index in [9.17, 15) is 18.0 Å². The van der Waals surface area contributed by atoms with E-state index in [0.717, 1.165) is 32.1 Å². The number of carbonyl (C=O) groups excluding carboxylic acids is 2. The highest BCUT2D eigenvalue weighted by molar-refractivity contribution is 7.92. The second-order valence-corrected chi connectivity index (χ2v) is 9.77. The Balaban J connectivity index is 1.30. The van der Waals surface area contributed by atoms with E-state index in [0.29, 0.717) is 36.1 Å². The van der Waals surface area contributed by atoms with Gasteiger partial charge in [0.25, 0.3) is 10.0 Å². The molecular weight excluding hydrogens is 446 g/mol. The first-order chi connectivity index (χ1) is 15.9. The van der Waals surface area contributed by atoms with Crippen LogP contribution in [0.5, 0.6) is 11.5 Å². The predicted molar refractivity (Wildman–Crippen MR) is 123 cm³/mol. The van der Waals surface area contributed by atoms with Gasteiger partial charge in [-0.3, -0.25) is 14.3 Å². The Kier molecular flexibility index (Phi) is 7.02. The van der Waals surface area contributed by atoms with Crippen molar-refractivity contribution < 1.29 is 27.5 Å². The SMILES string of the molecule is O=C(CNC(=O)C1CCCCC1)Nc1ccc(NS(=O)(=O)c2ccc3c(c2)OCCO3)cc1. The first-order valence-electron chi connectivity index (χ1n) is 11.0. The number of ether oxygens (including phenoxy) is 2. The molecule has 0 spiro atoms. The molecule has 1 aliphatic carbocycles. The van der Waals surface area contributed by atoms with Gasteiger partial charge in [0.2, 0.25) is 11.8 Å². The number of anilines is 2. The quantitative estimate of drug-likeness (QED) is 0.568. The Hall–Kier alpha value is -3.27. The van der Waals surface area contributed by atoms with E-state index in [1.54, 1.807) is 30.3 Å². The fourth-order valence-corrected chi connectivity index (χ4v) is 4.98. The van der Waals surface area contributed by atoms with Gasteiger partial charge in [0, 0.05) is 23.4 Å². The summed E-state index contributed by atoms with van der Waals surface area (Å²) in [5.41, 5.74) is 0.836. The minimum absolute atomic E-state index is 0.00642. The number of hydrogen-bond donors (Lipinski definition) is 3. The van der Waals surface area contributed by atoms with Crippen molar-refractivity contribution in [1.82, 2.24) is 5.32 Å². The van der Waals surface area contributed by atoms with Crippen molar-refractivity contribution in [3.8, 4) is 11.5 Å². The summed E-state index contributed by atoms with van der Waals surface area (Å²) in [6.45, 7) is 0.683. The topological polar surface area (TPSA) is 123 Å². The number of amides is 2. The van der Waals surface area contributed by atoms with Gasteiger partial charge < -0.3 is 20.1 Å². The molecule has 0 atom stereocenters. The summed E-state index contributed by atoms with van der Waals surface area (Å²) in [6.07, 6.45) is 5.01. The van der Waals surface area contributed by atoms with Gasteiger partial charge in [-0.1, -0.05) is 19.3 Å². The second kappa shape index (κ2) is 10.1. The molecule has 0 saturated heterocycles. The molecule has 33 heavy (non-hydrogen) atoms. The summed E-state index contributed by atoms with van der Waals surface area (Å²) >= 11 is 0. The van der Waals surface area contributed by atoms with Crippen LogP contribution in [0.4, 0.5) is 11.4 Å². The van der Waals surface area contributed by atoms with Crippen LogP contribution < -0.4 is 24.8 Å². The lowest BCUT2D eigenvalue weighted by Crippen LogP contribution is -2.37. The van der Waals surface area contributed by atoms with Crippen LogP contribution in [0.2, 0.25) is 0 Å². The van der Waals surface area contributed by atoms with Crippen molar-refractivity contribution in [1.29, 1.82) is 0 Å². The highest BCUT2D eigenvalue weighted by Gasteiger charge is 2.22. The summed E-state index contributed by atoms with van der Waals surface area (Å²) < 4.78 is 38.8. The molecule has 4 rings (SSSR count). The molecule has 1 fully saturated rings. The van der Waals surface area contributed by atoms with Gasteiger partial charge in [-0.25, -0.2) is 8.42 Å². The van der Waals surface area contributed by atoms with Crippen molar-refractivity contribution >= 4 is 33.2 Å². The van der Waals surface area contributed by atoms with Crippen LogP contribution in [0.3, 0.4) is 0 Å². The van der Waals surface area contributed by atoms with E-state index in [2.05, 4.69) is 15.4 Å². The Labute approximate surface area is 192 Å². The lowest BCUT2D eigenvalue weighted by atomic mass is 9.89. The molecule has 2 amide bonds. The summed E-state index contributed by atoms with van der Waals surface area (Å²) in [5, 5.41) is 5.39. The smallest absolute Gasteiger partial charge is 0.262 e. The lowest BCUT2D eigenvalue weighted by Gasteiger charge is -2.20. The van der Waals surface area contributed by atoms with Crippen LogP contribution in [0, 0.1) is 5.92 Å². The van der Waals surface area contributed by atoms with E-state index in [-0.39, 0.29) is 29.2 Å². The molecule has 0 radical (unpaired) electrons. The third kappa shape index (κ3) is 5.95. The van der Waals surface area contributed by atoms with Gasteiger partial charge in [0.05, 0.1) is 11.4 Å². The van der Waals surface area contributed by atoms with Crippen LogP contribution in [0.1, 0.15) is 32.1 Å². The van der Waals surface area contributed by atoms with E-state index >= 15 is 0 Å². The molecule has 176 valence electrons. The standard InChI is InChI=1S/C23H27N3O6S/c27-22(15-24-23(28)16-4-2-1-3-5-16)25-17-6-8-18(9-7-17)26-33(29,30)19-10-11-20-21(14-19)32-13-12-31-20/h6-11,14,16,26H,1-5,12-13,15H2,(H,24,28)(H,25,27). The maximum atomic E-state index is 12.7. The number of benzene rings is 2. The fourth-order valence-electron chi connectivity index (χ4n) is 3.91. The van der Waals surface area contributed by atoms with Crippen LogP contribution in [0.15, 0.2) is 47.4 Å². The van der Waals surface area contributed by atoms with Crippen molar-refractivity contribution in [3.63, 3.8) is 0 Å². The van der Waals surface area contributed by atoms with Gasteiger partial charge in [-0.2, -0.15) is 0 Å². The number of rotatable bonds is 7. The second-order valence-electron chi connectivity index (χ2n) is 8.09. The van der Waals surface area contributed by atoms with Gasteiger partial charge in [0.15, 0.2) is 11.5 Å². The van der Waals surface area contributed by atoms with E-state index in [4.69, 9.17) is 9.47 Å². The van der Waals surface area contributed by atoms with Crippen molar-refractivity contribution in [2.45, 2.75) is 37.0 Å². The van der Waals surface area contributed by atoms with Crippen molar-refractivity contribution in [2.24, 2.45) is 5.92 Å². The normalized spacial score (nSPS) is 16.0. The first kappa shape index (κ1) is 22.9. The molecule has 3 N–H and O–H groups in total. The monoisotopic (exact) mass is 473 g/mol. The zero-order valence-electron chi connectivity index (χ0n) is 18.1. The average Bonchev–Trinajstić information content (AvgIpc) is 2.84. The van der Waals surface area contributed by atoms with Gasteiger partial charge >= 0.3 is 0 Å². The summed E-state index contributed by atoms with van der Waals surface area (Å²) in [6, 6.07) is 10.7. The number of fused-ring (bicyclic) bond motifs is 1. The van der Waals surface area contributed by atoms with E-state index < -0.39 is 10.0 Å². The highest BCUT2D eigenvalue weighted by Crippen LogP contribution is 2.32. The Morgan fingerprint density at radius 2 is 1.55 bits per heavy atom. The third-order valence-corrected chi connectivity index (χ3v) is 7.02. The van der Waals surface area contributed by atoms with Gasteiger partial charge in [-0.05, 0) is 49.2 Å². The molecule has 2 aliphatic rings. The molecule has 0 aromatic heterocycles. The van der Waals surface area contributed by atoms with Gasteiger partial charge in [-0.15, -0.1) is 0 Å². The minimum atomic E-state index is -3.83. The molecule has 1 heterocycles. The zero-order chi connectivity index (χ0) is 23.3. The van der Waals surface area contributed by atoms with Crippen molar-refractivity contribution in [2.75, 3.05) is 29.8 Å². The predicted octanol–water partition coefficient (Wildman–Crippen LogP) is 2.89. The highest BCUT2D eigenvalue weighted by atomic mass is 32.2. The van der Waals surface area contributed by atoms with Crippen molar-refractivity contribution in [3.05, 3.63) is 42.5 Å². The third-order valence-electron chi connectivity index (χ3n) is 5.64. The fraction of sp³-hybridized carbons (Fsp3) is 0.391. The Morgan fingerprint density at radius 1 is 0.879 bits per heavy atom.